The predicted octanol–water partition coefficient (Wildman–Crippen LogP) is 3.13. The van der Waals surface area contributed by atoms with Gasteiger partial charge in [0, 0.05) is 12.5 Å². The Balaban J connectivity index is 2.58. The molecule has 0 aliphatic carbocycles. The van der Waals surface area contributed by atoms with E-state index in [1.54, 1.807) is 30.3 Å². The number of nitrogens with one attached hydrogen (secondary N) is 1. The van der Waals surface area contributed by atoms with Crippen LogP contribution in [0.1, 0.15) is 30.9 Å². The second-order valence-corrected chi connectivity index (χ2v) is 4.23. The van der Waals surface area contributed by atoms with E-state index in [1.807, 2.05) is 0 Å². The first-order chi connectivity index (χ1) is 8.88. The molecule has 0 radical (unpaired) electrons. The summed E-state index contributed by atoms with van der Waals surface area (Å²) in [4.78, 5) is 10.3. The number of hydrogen-bond donors (Lipinski definition) is 2. The lowest BCUT2D eigenvalue weighted by molar-refractivity contribution is -0.141. The van der Waals surface area contributed by atoms with Crippen molar-refractivity contribution in [1.82, 2.24) is 5.32 Å². The first kappa shape index (κ1) is 15.5. The Morgan fingerprint density at radius 2 is 1.89 bits per heavy atom. The van der Waals surface area contributed by atoms with Crippen molar-refractivity contribution < 1.29 is 23.1 Å². The minimum atomic E-state index is -4.26. The van der Waals surface area contributed by atoms with Gasteiger partial charge in [0.2, 0.25) is 0 Å². The summed E-state index contributed by atoms with van der Waals surface area (Å²) in [7, 11) is 0. The molecule has 0 fully saturated rings. The van der Waals surface area contributed by atoms with Crippen molar-refractivity contribution >= 4 is 5.97 Å². The van der Waals surface area contributed by atoms with Crippen molar-refractivity contribution in [1.29, 1.82) is 0 Å². The monoisotopic (exact) mass is 275 g/mol. The van der Waals surface area contributed by atoms with Crippen molar-refractivity contribution in [3.8, 4) is 0 Å². The van der Waals surface area contributed by atoms with E-state index in [1.165, 1.54) is 0 Å². The SMILES string of the molecule is O=C(O)CCCNC(CC(F)(F)F)c1ccccc1. The molecule has 0 saturated heterocycles. The van der Waals surface area contributed by atoms with Crippen molar-refractivity contribution in [3.05, 3.63) is 35.9 Å². The van der Waals surface area contributed by atoms with Crippen LogP contribution in [0.15, 0.2) is 30.3 Å². The number of aliphatic carboxylic acids is 1. The standard InChI is InChI=1S/C13H16F3NO2/c14-13(15,16)9-11(10-5-2-1-3-6-10)17-8-4-7-12(18)19/h1-3,5-6,11,17H,4,7-9H2,(H,18,19). The summed E-state index contributed by atoms with van der Waals surface area (Å²) >= 11 is 0. The number of carboxylic acids is 1. The minimum Gasteiger partial charge on any atom is -0.481 e. The average molecular weight is 275 g/mol. The van der Waals surface area contributed by atoms with Gasteiger partial charge in [-0.3, -0.25) is 4.79 Å². The van der Waals surface area contributed by atoms with Gasteiger partial charge in [0.05, 0.1) is 6.42 Å². The molecule has 0 aromatic heterocycles. The molecule has 2 N–H and O–H groups in total. The lowest BCUT2D eigenvalue weighted by Crippen LogP contribution is -2.27. The minimum absolute atomic E-state index is 0.0550. The van der Waals surface area contributed by atoms with Gasteiger partial charge in [-0.15, -0.1) is 0 Å². The van der Waals surface area contributed by atoms with Crippen LogP contribution in [0.4, 0.5) is 13.2 Å². The number of carbonyl (C=O) groups is 1. The fourth-order valence-corrected chi connectivity index (χ4v) is 1.74. The van der Waals surface area contributed by atoms with E-state index in [0.717, 1.165) is 0 Å². The Bertz CT molecular complexity index is 393. The van der Waals surface area contributed by atoms with Crippen molar-refractivity contribution in [2.45, 2.75) is 31.5 Å². The van der Waals surface area contributed by atoms with Gasteiger partial charge in [0.15, 0.2) is 0 Å². The van der Waals surface area contributed by atoms with Crippen LogP contribution in [0.5, 0.6) is 0 Å². The molecular formula is C13H16F3NO2. The molecule has 0 bridgehead atoms. The quantitative estimate of drug-likeness (QED) is 0.752. The first-order valence-electron chi connectivity index (χ1n) is 5.95. The van der Waals surface area contributed by atoms with Gasteiger partial charge in [-0.25, -0.2) is 0 Å². The fourth-order valence-electron chi connectivity index (χ4n) is 1.74. The Morgan fingerprint density at radius 3 is 2.42 bits per heavy atom. The van der Waals surface area contributed by atoms with E-state index in [0.29, 0.717) is 12.0 Å². The molecule has 1 rings (SSSR count). The number of benzene rings is 1. The molecule has 0 amide bonds. The first-order valence-corrected chi connectivity index (χ1v) is 5.95. The molecule has 1 atom stereocenters. The lowest BCUT2D eigenvalue weighted by Gasteiger charge is -2.20. The second-order valence-electron chi connectivity index (χ2n) is 4.23. The van der Waals surface area contributed by atoms with Crippen molar-refractivity contribution in [3.63, 3.8) is 0 Å². The van der Waals surface area contributed by atoms with Crippen LogP contribution in [-0.2, 0) is 4.79 Å². The van der Waals surface area contributed by atoms with Gasteiger partial charge in [-0.05, 0) is 18.5 Å². The van der Waals surface area contributed by atoms with Crippen molar-refractivity contribution in [2.75, 3.05) is 6.54 Å². The van der Waals surface area contributed by atoms with E-state index in [-0.39, 0.29) is 13.0 Å². The van der Waals surface area contributed by atoms with E-state index in [9.17, 15) is 18.0 Å². The second kappa shape index (κ2) is 7.13. The third-order valence-corrected chi connectivity index (χ3v) is 2.60. The summed E-state index contributed by atoms with van der Waals surface area (Å²) in [6.45, 7) is 0.238. The molecule has 6 heteroatoms. The van der Waals surface area contributed by atoms with E-state index >= 15 is 0 Å². The maximum atomic E-state index is 12.5. The van der Waals surface area contributed by atoms with E-state index in [4.69, 9.17) is 5.11 Å². The molecule has 19 heavy (non-hydrogen) atoms. The van der Waals surface area contributed by atoms with Gasteiger partial charge < -0.3 is 10.4 Å². The molecule has 0 aliphatic heterocycles. The summed E-state index contributed by atoms with van der Waals surface area (Å²) < 4.78 is 37.5. The molecule has 0 aliphatic rings. The molecule has 1 unspecified atom stereocenters. The summed E-state index contributed by atoms with van der Waals surface area (Å²) in [5, 5.41) is 11.2. The highest BCUT2D eigenvalue weighted by Crippen LogP contribution is 2.29. The predicted molar refractivity (Wildman–Crippen MR) is 64.7 cm³/mol. The van der Waals surface area contributed by atoms with Gasteiger partial charge in [0.25, 0.3) is 0 Å². The van der Waals surface area contributed by atoms with Crippen molar-refractivity contribution in [2.24, 2.45) is 0 Å². The number of carboxylic acid groups (broad SMARTS) is 1. The molecule has 0 saturated carbocycles. The number of hydrogen-bond acceptors (Lipinski definition) is 2. The van der Waals surface area contributed by atoms with Crippen LogP contribution in [-0.4, -0.2) is 23.8 Å². The Kier molecular flexibility index (Phi) is 5.82. The van der Waals surface area contributed by atoms with Crippen LogP contribution >= 0.6 is 0 Å². The average Bonchev–Trinajstić information content (AvgIpc) is 2.32. The molecule has 106 valence electrons. The van der Waals surface area contributed by atoms with Gasteiger partial charge in [-0.2, -0.15) is 13.2 Å². The Hall–Kier alpha value is -1.56. The zero-order chi connectivity index (χ0) is 14.3. The summed E-state index contributed by atoms with van der Waals surface area (Å²) in [5.74, 6) is -0.950. The van der Waals surface area contributed by atoms with Crippen LogP contribution in [0.3, 0.4) is 0 Å². The molecular weight excluding hydrogens is 259 g/mol. The van der Waals surface area contributed by atoms with Gasteiger partial charge in [-0.1, -0.05) is 30.3 Å². The maximum absolute atomic E-state index is 12.5. The van der Waals surface area contributed by atoms with E-state index in [2.05, 4.69) is 5.32 Å². The lowest BCUT2D eigenvalue weighted by atomic mass is 10.0. The highest BCUT2D eigenvalue weighted by Gasteiger charge is 2.32. The third kappa shape index (κ3) is 6.81. The van der Waals surface area contributed by atoms with Crippen LogP contribution in [0.2, 0.25) is 0 Å². The normalized spacial score (nSPS) is 13.2. The molecule has 0 heterocycles. The van der Waals surface area contributed by atoms with Gasteiger partial charge in [0.1, 0.15) is 0 Å². The summed E-state index contributed by atoms with van der Waals surface area (Å²) in [6.07, 6.45) is -4.98. The number of rotatable bonds is 7. The Morgan fingerprint density at radius 1 is 1.26 bits per heavy atom. The molecule has 1 aromatic rings. The van der Waals surface area contributed by atoms with Crippen LogP contribution < -0.4 is 5.32 Å². The molecule has 0 spiro atoms. The summed E-state index contributed by atoms with van der Waals surface area (Å²) in [5.41, 5.74) is 0.551. The highest BCUT2D eigenvalue weighted by molar-refractivity contribution is 5.66. The van der Waals surface area contributed by atoms with E-state index < -0.39 is 24.6 Å². The zero-order valence-electron chi connectivity index (χ0n) is 10.3. The fraction of sp³-hybridized carbons (Fsp3) is 0.462. The number of halogens is 3. The smallest absolute Gasteiger partial charge is 0.390 e. The van der Waals surface area contributed by atoms with Crippen LogP contribution in [0.25, 0.3) is 0 Å². The highest BCUT2D eigenvalue weighted by atomic mass is 19.4. The third-order valence-electron chi connectivity index (χ3n) is 2.60. The maximum Gasteiger partial charge on any atom is 0.390 e. The molecule has 3 nitrogen and oxygen atoms in total. The van der Waals surface area contributed by atoms with Crippen LogP contribution in [0, 0.1) is 0 Å². The summed E-state index contributed by atoms with van der Waals surface area (Å²) in [6, 6.07) is 7.50. The van der Waals surface area contributed by atoms with Gasteiger partial charge >= 0.3 is 12.1 Å². The topological polar surface area (TPSA) is 49.3 Å². The largest absolute Gasteiger partial charge is 0.481 e. The molecule has 1 aromatic carbocycles. The zero-order valence-corrected chi connectivity index (χ0v) is 10.3. The Labute approximate surface area is 109 Å². The number of alkyl halides is 3.